The molecule has 4 fully saturated rings. The monoisotopic (exact) mass is 412 g/mol. The van der Waals surface area contributed by atoms with Crippen LogP contribution in [0.2, 0.25) is 0 Å². The standard InChI is InChI=1S/C12H23NO2.C11H21NO2/c1-10-8-12(14-6-5-7-15-12)9-13(10)11(2,3)4;1-9-7-11(13-5-6-14-11)8-12(9)10(2,3)4/h10H,5-9H2,1-4H3;9H,5-8H2,1-4H3/t10-;9-/m11/s1. The van der Waals surface area contributed by atoms with E-state index in [-0.39, 0.29) is 22.7 Å². The first kappa shape index (κ1) is 23.4. The molecule has 0 aromatic heterocycles. The molecule has 4 aliphatic rings. The predicted molar refractivity (Wildman–Crippen MR) is 115 cm³/mol. The van der Waals surface area contributed by atoms with E-state index in [9.17, 15) is 0 Å². The van der Waals surface area contributed by atoms with Gasteiger partial charge in [-0.2, -0.15) is 0 Å². The highest BCUT2D eigenvalue weighted by Gasteiger charge is 2.50. The van der Waals surface area contributed by atoms with Crippen molar-refractivity contribution in [1.82, 2.24) is 9.80 Å². The van der Waals surface area contributed by atoms with Crippen molar-refractivity contribution in [1.29, 1.82) is 0 Å². The molecule has 0 bridgehead atoms. The molecule has 0 aliphatic carbocycles. The van der Waals surface area contributed by atoms with Crippen molar-refractivity contribution in [2.75, 3.05) is 39.5 Å². The maximum Gasteiger partial charge on any atom is 0.182 e. The summed E-state index contributed by atoms with van der Waals surface area (Å²) in [5.74, 6) is -0.586. The lowest BCUT2D eigenvalue weighted by molar-refractivity contribution is -0.259. The Hall–Kier alpha value is -0.240. The summed E-state index contributed by atoms with van der Waals surface area (Å²) in [7, 11) is 0. The maximum absolute atomic E-state index is 5.86. The zero-order valence-corrected chi connectivity index (χ0v) is 20.0. The third kappa shape index (κ3) is 5.34. The number of likely N-dealkylation sites (tertiary alicyclic amines) is 2. The van der Waals surface area contributed by atoms with Crippen LogP contribution in [0.15, 0.2) is 0 Å². The molecule has 0 saturated carbocycles. The summed E-state index contributed by atoms with van der Waals surface area (Å²) in [6, 6.07) is 1.09. The van der Waals surface area contributed by atoms with Gasteiger partial charge < -0.3 is 18.9 Å². The van der Waals surface area contributed by atoms with Gasteiger partial charge in [0.15, 0.2) is 11.6 Å². The van der Waals surface area contributed by atoms with Crippen molar-refractivity contribution in [2.45, 2.75) is 109 Å². The van der Waals surface area contributed by atoms with Gasteiger partial charge in [-0.05, 0) is 61.8 Å². The summed E-state index contributed by atoms with van der Waals surface area (Å²) >= 11 is 0. The minimum absolute atomic E-state index is 0.201. The molecule has 6 heteroatoms. The molecule has 4 saturated heterocycles. The Kier molecular flexibility index (Phi) is 6.75. The van der Waals surface area contributed by atoms with E-state index in [0.29, 0.717) is 12.1 Å². The zero-order chi connectivity index (χ0) is 21.5. The quantitative estimate of drug-likeness (QED) is 0.605. The van der Waals surface area contributed by atoms with E-state index < -0.39 is 0 Å². The fraction of sp³-hybridized carbons (Fsp3) is 1.00. The van der Waals surface area contributed by atoms with E-state index >= 15 is 0 Å². The van der Waals surface area contributed by atoms with Crippen molar-refractivity contribution < 1.29 is 18.9 Å². The van der Waals surface area contributed by atoms with Gasteiger partial charge in [-0.3, -0.25) is 9.80 Å². The van der Waals surface area contributed by atoms with Crippen LogP contribution < -0.4 is 0 Å². The smallest absolute Gasteiger partial charge is 0.182 e. The van der Waals surface area contributed by atoms with Gasteiger partial charge in [0.25, 0.3) is 0 Å². The van der Waals surface area contributed by atoms with Crippen molar-refractivity contribution in [3.63, 3.8) is 0 Å². The summed E-state index contributed by atoms with van der Waals surface area (Å²) in [6.45, 7) is 23.1. The number of hydrogen-bond acceptors (Lipinski definition) is 6. The van der Waals surface area contributed by atoms with Crippen molar-refractivity contribution in [2.24, 2.45) is 0 Å². The lowest BCUT2D eigenvalue weighted by atomic mass is 10.1. The van der Waals surface area contributed by atoms with Crippen LogP contribution in [0.4, 0.5) is 0 Å². The van der Waals surface area contributed by atoms with Gasteiger partial charge in [0.1, 0.15) is 0 Å². The van der Waals surface area contributed by atoms with Crippen LogP contribution in [0.25, 0.3) is 0 Å². The van der Waals surface area contributed by atoms with E-state index in [1.54, 1.807) is 0 Å². The molecule has 2 atom stereocenters. The van der Waals surface area contributed by atoms with Gasteiger partial charge in [0.2, 0.25) is 0 Å². The van der Waals surface area contributed by atoms with Crippen molar-refractivity contribution in [3.8, 4) is 0 Å². The van der Waals surface area contributed by atoms with Crippen LogP contribution in [0, 0.1) is 0 Å². The Morgan fingerprint density at radius 1 is 0.621 bits per heavy atom. The molecule has 0 radical (unpaired) electrons. The van der Waals surface area contributed by atoms with E-state index in [1.165, 1.54) is 0 Å². The first-order chi connectivity index (χ1) is 13.4. The Bertz CT molecular complexity index is 542. The molecule has 170 valence electrons. The van der Waals surface area contributed by atoms with E-state index in [4.69, 9.17) is 18.9 Å². The summed E-state index contributed by atoms with van der Waals surface area (Å²) in [4.78, 5) is 4.96. The van der Waals surface area contributed by atoms with E-state index in [1.807, 2.05) is 0 Å². The molecule has 0 unspecified atom stereocenters. The molecule has 4 rings (SSSR count). The first-order valence-electron chi connectivity index (χ1n) is 11.5. The highest BCUT2D eigenvalue weighted by Crippen LogP contribution is 2.38. The van der Waals surface area contributed by atoms with Gasteiger partial charge in [-0.15, -0.1) is 0 Å². The predicted octanol–water partition coefficient (Wildman–Crippen LogP) is 3.63. The maximum atomic E-state index is 5.86. The molecule has 29 heavy (non-hydrogen) atoms. The summed E-state index contributed by atoms with van der Waals surface area (Å²) in [5.41, 5.74) is 0.408. The number of ether oxygens (including phenoxy) is 4. The topological polar surface area (TPSA) is 43.4 Å². The van der Waals surface area contributed by atoms with Gasteiger partial charge in [0.05, 0.1) is 39.5 Å². The molecular weight excluding hydrogens is 368 g/mol. The lowest BCUT2D eigenvalue weighted by Crippen LogP contribution is -2.48. The zero-order valence-electron chi connectivity index (χ0n) is 20.0. The lowest BCUT2D eigenvalue weighted by Gasteiger charge is -2.37. The van der Waals surface area contributed by atoms with Gasteiger partial charge >= 0.3 is 0 Å². The molecule has 0 aromatic rings. The number of rotatable bonds is 0. The van der Waals surface area contributed by atoms with Gasteiger partial charge in [-0.25, -0.2) is 0 Å². The van der Waals surface area contributed by atoms with Crippen LogP contribution >= 0.6 is 0 Å². The minimum Gasteiger partial charge on any atom is -0.349 e. The molecule has 6 nitrogen and oxygen atoms in total. The summed E-state index contributed by atoms with van der Waals surface area (Å²) < 4.78 is 23.2. The fourth-order valence-corrected chi connectivity index (χ4v) is 5.41. The SMILES string of the molecule is C[C@@H]1CC2(CN1C(C)(C)C)OCCCO2.C[C@@H]1CC2(CN1C(C)(C)C)OCCO2. The Labute approximate surface area is 178 Å². The second-order valence-corrected chi connectivity index (χ2v) is 11.3. The van der Waals surface area contributed by atoms with Gasteiger partial charge in [-0.1, -0.05) is 0 Å². The van der Waals surface area contributed by atoms with Crippen LogP contribution in [0.5, 0.6) is 0 Å². The Morgan fingerprint density at radius 3 is 1.28 bits per heavy atom. The molecule has 4 aliphatic heterocycles. The highest BCUT2D eigenvalue weighted by atomic mass is 16.7. The molecule has 0 N–H and O–H groups in total. The average Bonchev–Trinajstić information content (AvgIpc) is 3.27. The molecule has 0 aromatic carbocycles. The fourth-order valence-electron chi connectivity index (χ4n) is 5.41. The molecule has 4 heterocycles. The normalized spacial score (nSPS) is 32.7. The van der Waals surface area contributed by atoms with Crippen molar-refractivity contribution >= 4 is 0 Å². The molecule has 0 amide bonds. The molecular formula is C23H44N2O4. The van der Waals surface area contributed by atoms with Crippen molar-refractivity contribution in [3.05, 3.63) is 0 Å². The van der Waals surface area contributed by atoms with Gasteiger partial charge in [0, 0.05) is 36.0 Å². The van der Waals surface area contributed by atoms with E-state index in [0.717, 1.165) is 58.8 Å². The van der Waals surface area contributed by atoms with Crippen LogP contribution in [-0.2, 0) is 18.9 Å². The van der Waals surface area contributed by atoms with Crippen LogP contribution in [-0.4, -0.2) is 84.1 Å². The minimum atomic E-state index is -0.301. The average molecular weight is 413 g/mol. The summed E-state index contributed by atoms with van der Waals surface area (Å²) in [6.07, 6.45) is 3.04. The second-order valence-electron chi connectivity index (χ2n) is 11.3. The third-order valence-corrected chi connectivity index (χ3v) is 6.66. The molecule has 2 spiro atoms. The van der Waals surface area contributed by atoms with Crippen LogP contribution in [0.1, 0.15) is 74.7 Å². The first-order valence-corrected chi connectivity index (χ1v) is 11.5. The van der Waals surface area contributed by atoms with E-state index in [2.05, 4.69) is 65.2 Å². The Morgan fingerprint density at radius 2 is 0.966 bits per heavy atom. The third-order valence-electron chi connectivity index (χ3n) is 6.66. The summed E-state index contributed by atoms with van der Waals surface area (Å²) in [5, 5.41) is 0. The largest absolute Gasteiger partial charge is 0.349 e. The second kappa shape index (κ2) is 8.36. The number of hydrogen-bond donors (Lipinski definition) is 0. The van der Waals surface area contributed by atoms with Crippen LogP contribution in [0.3, 0.4) is 0 Å². The highest BCUT2D eigenvalue weighted by molar-refractivity contribution is 4.97. The number of nitrogens with zero attached hydrogens (tertiary/aromatic N) is 2. The Balaban J connectivity index is 0.000000166.